The van der Waals surface area contributed by atoms with Crippen LogP contribution in [0.2, 0.25) is 0 Å². The number of nitrogens with zero attached hydrogens (tertiary/aromatic N) is 1. The monoisotopic (exact) mass is 292 g/mol. The van der Waals surface area contributed by atoms with Gasteiger partial charge in [0.2, 0.25) is 12.5 Å². The molecule has 1 atom stereocenters. The molecule has 1 aromatic carbocycles. The molecule has 1 aromatic heterocycles. The molecule has 1 aliphatic heterocycles. The van der Waals surface area contributed by atoms with Gasteiger partial charge in [0.1, 0.15) is 5.01 Å². The molecule has 6 heteroatoms. The Hall–Kier alpha value is -1.79. The van der Waals surface area contributed by atoms with Gasteiger partial charge < -0.3 is 19.5 Å². The molecular weight excluding hydrogens is 276 g/mol. The predicted octanol–water partition coefficient (Wildman–Crippen LogP) is 2.83. The SMILES string of the molecule is CNC(C)c1csc(-c2cc(OC)c3c(c2)OCO3)n1. The van der Waals surface area contributed by atoms with Crippen molar-refractivity contribution < 1.29 is 14.2 Å². The first-order chi connectivity index (χ1) is 9.72. The largest absolute Gasteiger partial charge is 0.493 e. The zero-order valence-electron chi connectivity index (χ0n) is 11.6. The number of aromatic nitrogens is 1. The average Bonchev–Trinajstić information content (AvgIpc) is 3.13. The Balaban J connectivity index is 2.00. The molecule has 1 unspecified atom stereocenters. The molecule has 106 valence electrons. The number of thiazole rings is 1. The van der Waals surface area contributed by atoms with Crippen molar-refractivity contribution in [2.45, 2.75) is 13.0 Å². The zero-order valence-corrected chi connectivity index (χ0v) is 12.4. The lowest BCUT2D eigenvalue weighted by atomic mass is 10.2. The van der Waals surface area contributed by atoms with Crippen LogP contribution in [0.5, 0.6) is 17.2 Å². The van der Waals surface area contributed by atoms with Gasteiger partial charge in [-0.3, -0.25) is 0 Å². The molecule has 0 spiro atoms. The maximum atomic E-state index is 5.44. The summed E-state index contributed by atoms with van der Waals surface area (Å²) >= 11 is 1.61. The average molecular weight is 292 g/mol. The van der Waals surface area contributed by atoms with E-state index in [-0.39, 0.29) is 12.8 Å². The topological polar surface area (TPSA) is 52.6 Å². The molecule has 2 heterocycles. The van der Waals surface area contributed by atoms with Crippen molar-refractivity contribution in [3.63, 3.8) is 0 Å². The number of hydrogen-bond acceptors (Lipinski definition) is 6. The Labute approximate surface area is 121 Å². The Bertz CT molecular complexity index is 627. The third-order valence-corrected chi connectivity index (χ3v) is 4.21. The molecule has 1 aliphatic rings. The van der Waals surface area contributed by atoms with E-state index in [1.165, 1.54) is 0 Å². The quantitative estimate of drug-likeness (QED) is 0.939. The standard InChI is InChI=1S/C14H16N2O3S/c1-8(15-2)10-6-20-14(16-10)9-4-11(17-3)13-12(5-9)18-7-19-13/h4-6,8,15H,7H2,1-3H3. The van der Waals surface area contributed by atoms with Gasteiger partial charge >= 0.3 is 0 Å². The van der Waals surface area contributed by atoms with Crippen LogP contribution in [0.1, 0.15) is 18.7 Å². The molecular formula is C14H16N2O3S. The van der Waals surface area contributed by atoms with E-state index in [2.05, 4.69) is 22.6 Å². The Morgan fingerprint density at radius 1 is 1.40 bits per heavy atom. The maximum Gasteiger partial charge on any atom is 0.231 e. The molecule has 0 saturated heterocycles. The van der Waals surface area contributed by atoms with E-state index in [1.807, 2.05) is 19.2 Å². The lowest BCUT2D eigenvalue weighted by Gasteiger charge is -2.07. The van der Waals surface area contributed by atoms with Crippen LogP contribution in [0, 0.1) is 0 Å². The Morgan fingerprint density at radius 3 is 3.00 bits per heavy atom. The van der Waals surface area contributed by atoms with Crippen LogP contribution in [0.4, 0.5) is 0 Å². The number of benzene rings is 1. The van der Waals surface area contributed by atoms with Crippen LogP contribution in [0.3, 0.4) is 0 Å². The zero-order chi connectivity index (χ0) is 14.1. The highest BCUT2D eigenvalue weighted by Crippen LogP contribution is 2.44. The van der Waals surface area contributed by atoms with Gasteiger partial charge in [-0.2, -0.15) is 0 Å². The maximum absolute atomic E-state index is 5.44. The molecule has 2 aromatic rings. The predicted molar refractivity (Wildman–Crippen MR) is 77.7 cm³/mol. The van der Waals surface area contributed by atoms with Crippen molar-refractivity contribution in [1.29, 1.82) is 0 Å². The van der Waals surface area contributed by atoms with Gasteiger partial charge in [0.15, 0.2) is 11.5 Å². The number of rotatable bonds is 4. The van der Waals surface area contributed by atoms with Gasteiger partial charge in [-0.1, -0.05) is 0 Å². The minimum atomic E-state index is 0.231. The molecule has 3 rings (SSSR count). The molecule has 0 saturated carbocycles. The van der Waals surface area contributed by atoms with Crippen LogP contribution >= 0.6 is 11.3 Å². The van der Waals surface area contributed by atoms with Crippen LogP contribution in [0.15, 0.2) is 17.5 Å². The van der Waals surface area contributed by atoms with Crippen molar-refractivity contribution in [2.75, 3.05) is 21.0 Å². The van der Waals surface area contributed by atoms with E-state index < -0.39 is 0 Å². The van der Waals surface area contributed by atoms with Crippen LogP contribution in [-0.4, -0.2) is 25.9 Å². The summed E-state index contributed by atoms with van der Waals surface area (Å²) in [6.45, 7) is 2.31. The van der Waals surface area contributed by atoms with Crippen molar-refractivity contribution in [3.8, 4) is 27.8 Å². The highest BCUT2D eigenvalue weighted by molar-refractivity contribution is 7.13. The van der Waals surface area contributed by atoms with Crippen molar-refractivity contribution >= 4 is 11.3 Å². The second kappa shape index (κ2) is 5.30. The third kappa shape index (κ3) is 2.21. The summed E-state index contributed by atoms with van der Waals surface area (Å²) in [7, 11) is 3.55. The first-order valence-electron chi connectivity index (χ1n) is 6.33. The van der Waals surface area contributed by atoms with Gasteiger partial charge in [-0.25, -0.2) is 4.98 Å². The van der Waals surface area contributed by atoms with Crippen LogP contribution in [0.25, 0.3) is 10.6 Å². The second-order valence-corrected chi connectivity index (χ2v) is 5.36. The van der Waals surface area contributed by atoms with E-state index >= 15 is 0 Å². The molecule has 5 nitrogen and oxygen atoms in total. The highest BCUT2D eigenvalue weighted by atomic mass is 32.1. The van der Waals surface area contributed by atoms with Gasteiger partial charge in [-0.15, -0.1) is 11.3 Å². The minimum absolute atomic E-state index is 0.231. The smallest absolute Gasteiger partial charge is 0.231 e. The summed E-state index contributed by atoms with van der Waals surface area (Å²) < 4.78 is 16.2. The van der Waals surface area contributed by atoms with Crippen LogP contribution in [-0.2, 0) is 0 Å². The fraction of sp³-hybridized carbons (Fsp3) is 0.357. The molecule has 20 heavy (non-hydrogen) atoms. The van der Waals surface area contributed by atoms with E-state index in [0.29, 0.717) is 17.2 Å². The van der Waals surface area contributed by atoms with E-state index in [0.717, 1.165) is 16.3 Å². The summed E-state index contributed by atoms with van der Waals surface area (Å²) in [5.74, 6) is 2.04. The minimum Gasteiger partial charge on any atom is -0.493 e. The van der Waals surface area contributed by atoms with Crippen molar-refractivity contribution in [3.05, 3.63) is 23.2 Å². The van der Waals surface area contributed by atoms with Gasteiger partial charge in [0.25, 0.3) is 0 Å². The summed E-state index contributed by atoms with van der Waals surface area (Å²) in [4.78, 5) is 4.66. The lowest BCUT2D eigenvalue weighted by Crippen LogP contribution is -2.12. The molecule has 0 fully saturated rings. The second-order valence-electron chi connectivity index (χ2n) is 4.50. The third-order valence-electron chi connectivity index (χ3n) is 3.30. The van der Waals surface area contributed by atoms with Crippen molar-refractivity contribution in [2.24, 2.45) is 0 Å². The normalized spacial score (nSPS) is 14.3. The highest BCUT2D eigenvalue weighted by Gasteiger charge is 2.21. The Kier molecular flexibility index (Phi) is 3.50. The fourth-order valence-electron chi connectivity index (χ4n) is 2.02. The molecule has 0 amide bonds. The van der Waals surface area contributed by atoms with Crippen LogP contribution < -0.4 is 19.5 Å². The van der Waals surface area contributed by atoms with Gasteiger partial charge in [-0.05, 0) is 26.1 Å². The van der Waals surface area contributed by atoms with E-state index in [4.69, 9.17) is 14.2 Å². The number of hydrogen-bond donors (Lipinski definition) is 1. The fourth-order valence-corrected chi connectivity index (χ4v) is 2.92. The number of nitrogens with one attached hydrogen (secondary N) is 1. The Morgan fingerprint density at radius 2 is 2.25 bits per heavy atom. The first-order valence-corrected chi connectivity index (χ1v) is 7.21. The van der Waals surface area contributed by atoms with Gasteiger partial charge in [0, 0.05) is 17.0 Å². The summed E-state index contributed by atoms with van der Waals surface area (Å²) in [5.41, 5.74) is 2.01. The molecule has 0 bridgehead atoms. The number of fused-ring (bicyclic) bond motifs is 1. The number of methoxy groups -OCH3 is 1. The van der Waals surface area contributed by atoms with E-state index in [1.54, 1.807) is 18.4 Å². The number of ether oxygens (including phenoxy) is 3. The van der Waals surface area contributed by atoms with Crippen molar-refractivity contribution in [1.82, 2.24) is 10.3 Å². The summed E-state index contributed by atoms with van der Waals surface area (Å²) in [5, 5.41) is 6.19. The summed E-state index contributed by atoms with van der Waals surface area (Å²) in [6.07, 6.45) is 0. The van der Waals surface area contributed by atoms with E-state index in [9.17, 15) is 0 Å². The molecule has 1 N–H and O–H groups in total. The van der Waals surface area contributed by atoms with Gasteiger partial charge in [0.05, 0.1) is 12.8 Å². The molecule has 0 aliphatic carbocycles. The summed E-state index contributed by atoms with van der Waals surface area (Å²) in [6, 6.07) is 4.11. The first kappa shape index (κ1) is 13.2. The molecule has 0 radical (unpaired) electrons. The lowest BCUT2D eigenvalue weighted by molar-refractivity contribution is 0.171.